The van der Waals surface area contributed by atoms with E-state index in [-0.39, 0.29) is 12.0 Å². The third kappa shape index (κ3) is 1.74. The van der Waals surface area contributed by atoms with Gasteiger partial charge in [0.05, 0.1) is 0 Å². The van der Waals surface area contributed by atoms with Gasteiger partial charge in [0.15, 0.2) is 0 Å². The van der Waals surface area contributed by atoms with Crippen LogP contribution in [0.2, 0.25) is 0 Å². The van der Waals surface area contributed by atoms with Crippen LogP contribution in [0.1, 0.15) is 40.0 Å². The molecule has 0 heterocycles. The van der Waals surface area contributed by atoms with E-state index < -0.39 is 5.91 Å². The molecule has 4 heteroatoms. The minimum absolute atomic E-state index is 0.0483. The number of hydrogen-bond acceptors (Lipinski definition) is 3. The van der Waals surface area contributed by atoms with Gasteiger partial charge in [-0.15, -0.1) is 0 Å². The zero-order valence-corrected chi connectivity index (χ0v) is 10.4. The van der Waals surface area contributed by atoms with Crippen molar-refractivity contribution >= 4 is 5.91 Å². The number of nitrogens with one attached hydrogen (secondary N) is 1. The highest BCUT2D eigenvalue weighted by Crippen LogP contribution is 2.62. The standard InChI is InChI=1S/C12H22N2O2/c1-11(2)8-4-5-12(3,6-8)10(11)14-16-7-9(13)15/h8,10,14H,4-7H2,1-3H3,(H2,13,15)/t8-,10?,12+/m0/s1. The van der Waals surface area contributed by atoms with Gasteiger partial charge in [-0.05, 0) is 36.0 Å². The fourth-order valence-corrected chi connectivity index (χ4v) is 3.79. The first-order valence-electron chi connectivity index (χ1n) is 6.02. The SMILES string of the molecule is CC1(C)C(NOCC(N)=O)[C@]2(C)CC[C@H]1C2. The second-order valence-electron chi connectivity index (χ2n) is 6.22. The molecular formula is C12H22N2O2. The van der Waals surface area contributed by atoms with E-state index in [1.54, 1.807) is 0 Å². The number of fused-ring (bicyclic) bond motifs is 2. The van der Waals surface area contributed by atoms with Gasteiger partial charge in [-0.1, -0.05) is 20.8 Å². The molecule has 2 aliphatic carbocycles. The lowest BCUT2D eigenvalue weighted by molar-refractivity contribution is -0.129. The van der Waals surface area contributed by atoms with Crippen molar-refractivity contribution in [2.45, 2.75) is 46.1 Å². The van der Waals surface area contributed by atoms with E-state index in [9.17, 15) is 4.79 Å². The number of carbonyl (C=O) groups excluding carboxylic acids is 1. The molecule has 16 heavy (non-hydrogen) atoms. The number of primary amides is 1. The highest BCUT2D eigenvalue weighted by atomic mass is 16.6. The van der Waals surface area contributed by atoms with Gasteiger partial charge in [0, 0.05) is 6.04 Å². The maximum atomic E-state index is 10.6. The Kier molecular flexibility index (Phi) is 2.75. The van der Waals surface area contributed by atoms with Crippen LogP contribution in [0.3, 0.4) is 0 Å². The molecule has 2 aliphatic rings. The molecular weight excluding hydrogens is 204 g/mol. The predicted molar refractivity (Wildman–Crippen MR) is 61.3 cm³/mol. The van der Waals surface area contributed by atoms with E-state index in [1.807, 2.05) is 0 Å². The van der Waals surface area contributed by atoms with Crippen LogP contribution in [-0.4, -0.2) is 18.6 Å². The minimum Gasteiger partial charge on any atom is -0.368 e. The minimum atomic E-state index is -0.432. The Balaban J connectivity index is 2.00. The molecule has 2 rings (SSSR count). The largest absolute Gasteiger partial charge is 0.368 e. The van der Waals surface area contributed by atoms with Crippen molar-refractivity contribution < 1.29 is 9.63 Å². The number of rotatable bonds is 4. The second-order valence-corrected chi connectivity index (χ2v) is 6.22. The highest BCUT2D eigenvalue weighted by molar-refractivity contribution is 5.74. The van der Waals surface area contributed by atoms with Crippen LogP contribution in [0.15, 0.2) is 0 Å². The zero-order valence-electron chi connectivity index (χ0n) is 10.4. The summed E-state index contributed by atoms with van der Waals surface area (Å²) in [6.07, 6.45) is 3.83. The summed E-state index contributed by atoms with van der Waals surface area (Å²) in [5, 5.41) is 0. The molecule has 0 spiro atoms. The average Bonchev–Trinajstić information content (AvgIpc) is 2.62. The van der Waals surface area contributed by atoms with Crippen LogP contribution < -0.4 is 11.2 Å². The van der Waals surface area contributed by atoms with Crippen LogP contribution in [0.5, 0.6) is 0 Å². The predicted octanol–water partition coefficient (Wildman–Crippen LogP) is 1.21. The van der Waals surface area contributed by atoms with E-state index in [0.29, 0.717) is 11.5 Å². The Bertz CT molecular complexity index is 299. The molecule has 0 saturated heterocycles. The van der Waals surface area contributed by atoms with Crippen LogP contribution in [-0.2, 0) is 9.63 Å². The van der Waals surface area contributed by atoms with Gasteiger partial charge in [-0.2, -0.15) is 5.48 Å². The van der Waals surface area contributed by atoms with Crippen LogP contribution in [0.4, 0.5) is 0 Å². The van der Waals surface area contributed by atoms with Crippen molar-refractivity contribution in [2.75, 3.05) is 6.61 Å². The van der Waals surface area contributed by atoms with Crippen LogP contribution in [0.25, 0.3) is 0 Å². The summed E-state index contributed by atoms with van der Waals surface area (Å²) in [6, 6.07) is 0.318. The molecule has 2 fully saturated rings. The van der Waals surface area contributed by atoms with Crippen molar-refractivity contribution in [1.29, 1.82) is 0 Å². The van der Waals surface area contributed by atoms with Crippen molar-refractivity contribution in [3.05, 3.63) is 0 Å². The lowest BCUT2D eigenvalue weighted by atomic mass is 9.69. The summed E-state index contributed by atoms with van der Waals surface area (Å²) >= 11 is 0. The molecule has 0 aromatic heterocycles. The zero-order chi connectivity index (χ0) is 12.0. The van der Waals surface area contributed by atoms with Gasteiger partial charge in [-0.25, -0.2) is 0 Å². The van der Waals surface area contributed by atoms with Crippen molar-refractivity contribution in [2.24, 2.45) is 22.5 Å². The number of hydrogen-bond donors (Lipinski definition) is 2. The molecule has 1 unspecified atom stereocenters. The Labute approximate surface area is 96.9 Å². The van der Waals surface area contributed by atoms with Gasteiger partial charge in [0.1, 0.15) is 6.61 Å². The number of amides is 1. The first-order chi connectivity index (χ1) is 7.36. The highest BCUT2D eigenvalue weighted by Gasteiger charge is 2.59. The summed E-state index contributed by atoms with van der Waals surface area (Å²) in [7, 11) is 0. The number of nitrogens with two attached hydrogens (primary N) is 1. The third-order valence-corrected chi connectivity index (χ3v) is 4.69. The van der Waals surface area contributed by atoms with E-state index in [4.69, 9.17) is 10.6 Å². The first kappa shape index (κ1) is 11.9. The van der Waals surface area contributed by atoms with Crippen molar-refractivity contribution in [1.82, 2.24) is 5.48 Å². The number of carbonyl (C=O) groups is 1. The second kappa shape index (κ2) is 3.70. The van der Waals surface area contributed by atoms with Crippen molar-refractivity contribution in [3.63, 3.8) is 0 Å². The average molecular weight is 226 g/mol. The molecule has 0 radical (unpaired) electrons. The Morgan fingerprint density at radius 1 is 1.50 bits per heavy atom. The summed E-state index contributed by atoms with van der Waals surface area (Å²) < 4.78 is 0. The first-order valence-corrected chi connectivity index (χ1v) is 6.02. The topological polar surface area (TPSA) is 64.3 Å². The molecule has 2 saturated carbocycles. The Morgan fingerprint density at radius 2 is 2.19 bits per heavy atom. The number of hydroxylamine groups is 1. The smallest absolute Gasteiger partial charge is 0.245 e. The van der Waals surface area contributed by atoms with Crippen molar-refractivity contribution in [3.8, 4) is 0 Å². The van der Waals surface area contributed by atoms with Gasteiger partial charge in [0.25, 0.3) is 0 Å². The Morgan fingerprint density at radius 3 is 2.69 bits per heavy atom. The van der Waals surface area contributed by atoms with Crippen LogP contribution in [0, 0.1) is 16.7 Å². The lowest BCUT2D eigenvalue weighted by Crippen LogP contribution is -2.50. The normalized spacial score (nSPS) is 40.2. The van der Waals surface area contributed by atoms with Crippen LogP contribution >= 0.6 is 0 Å². The molecule has 92 valence electrons. The van der Waals surface area contributed by atoms with Gasteiger partial charge < -0.3 is 5.73 Å². The maximum absolute atomic E-state index is 10.6. The lowest BCUT2D eigenvalue weighted by Gasteiger charge is -2.42. The summed E-state index contributed by atoms with van der Waals surface area (Å²) in [5.41, 5.74) is 8.68. The summed E-state index contributed by atoms with van der Waals surface area (Å²) in [6.45, 7) is 6.83. The summed E-state index contributed by atoms with van der Waals surface area (Å²) in [4.78, 5) is 15.8. The van der Waals surface area contributed by atoms with E-state index >= 15 is 0 Å². The third-order valence-electron chi connectivity index (χ3n) is 4.69. The monoisotopic (exact) mass is 226 g/mol. The molecule has 0 aromatic carbocycles. The van der Waals surface area contributed by atoms with Gasteiger partial charge >= 0.3 is 0 Å². The molecule has 1 amide bonds. The quantitative estimate of drug-likeness (QED) is 0.708. The molecule has 3 atom stereocenters. The molecule has 0 aliphatic heterocycles. The fraction of sp³-hybridized carbons (Fsp3) is 0.917. The van der Waals surface area contributed by atoms with E-state index in [2.05, 4.69) is 26.3 Å². The Hall–Kier alpha value is -0.610. The van der Waals surface area contributed by atoms with Gasteiger partial charge in [-0.3, -0.25) is 9.63 Å². The van der Waals surface area contributed by atoms with E-state index in [0.717, 1.165) is 5.92 Å². The molecule has 3 N–H and O–H groups in total. The molecule has 2 bridgehead atoms. The fourth-order valence-electron chi connectivity index (χ4n) is 3.79. The summed E-state index contributed by atoms with van der Waals surface area (Å²) in [5.74, 6) is 0.339. The van der Waals surface area contributed by atoms with E-state index in [1.165, 1.54) is 19.3 Å². The van der Waals surface area contributed by atoms with Gasteiger partial charge in [0.2, 0.25) is 5.91 Å². The molecule has 4 nitrogen and oxygen atoms in total. The molecule has 0 aromatic rings. The maximum Gasteiger partial charge on any atom is 0.245 e.